The molecule has 1 heterocycles. The summed E-state index contributed by atoms with van der Waals surface area (Å²) < 4.78 is 58.0. The van der Waals surface area contributed by atoms with Crippen molar-refractivity contribution in [2.75, 3.05) is 5.75 Å². The Morgan fingerprint density at radius 1 is 1.36 bits per heavy atom. The van der Waals surface area contributed by atoms with Crippen molar-refractivity contribution >= 4 is 21.2 Å². The number of sulfone groups is 1. The molecule has 7 heteroatoms. The summed E-state index contributed by atoms with van der Waals surface area (Å²) in [5, 5.41) is 1.47. The minimum absolute atomic E-state index is 0.117. The van der Waals surface area contributed by atoms with Crippen LogP contribution in [0.5, 0.6) is 0 Å². The molecule has 0 aliphatic carbocycles. The first kappa shape index (κ1) is 11.3. The van der Waals surface area contributed by atoms with Crippen molar-refractivity contribution in [3.63, 3.8) is 0 Å². The van der Waals surface area contributed by atoms with Crippen LogP contribution in [0.15, 0.2) is 33.6 Å². The molecule has 0 aromatic carbocycles. The smallest absolute Gasteiger partial charge is 0.222 e. The van der Waals surface area contributed by atoms with Crippen molar-refractivity contribution in [2.45, 2.75) is 4.21 Å². The largest absolute Gasteiger partial charge is 0.302 e. The summed E-state index contributed by atoms with van der Waals surface area (Å²) in [4.78, 5) is 0. The zero-order valence-corrected chi connectivity index (χ0v) is 8.34. The minimum atomic E-state index is -3.96. The molecule has 0 saturated carbocycles. The zero-order valence-electron chi connectivity index (χ0n) is 6.71. The summed E-state index contributed by atoms with van der Waals surface area (Å²) in [7, 11) is -3.96. The third kappa shape index (κ3) is 2.58. The highest BCUT2D eigenvalue weighted by Gasteiger charge is 2.20. The van der Waals surface area contributed by atoms with Crippen molar-refractivity contribution in [3.8, 4) is 0 Å². The van der Waals surface area contributed by atoms with Gasteiger partial charge in [-0.15, -0.1) is 11.3 Å². The lowest BCUT2D eigenvalue weighted by Crippen LogP contribution is -2.05. The molecule has 1 aromatic rings. The van der Waals surface area contributed by atoms with Gasteiger partial charge in [-0.25, -0.2) is 12.8 Å². The van der Waals surface area contributed by atoms with E-state index in [1.165, 1.54) is 17.5 Å². The van der Waals surface area contributed by atoms with Crippen molar-refractivity contribution in [3.05, 3.63) is 29.4 Å². The average Bonchev–Trinajstić information content (AvgIpc) is 2.54. The molecule has 0 aliphatic heterocycles. The Bertz CT molecular complexity index is 430. The molecule has 0 N–H and O–H groups in total. The topological polar surface area (TPSA) is 34.1 Å². The highest BCUT2D eigenvalue weighted by atomic mass is 32.2. The molecule has 0 radical (unpaired) electrons. The van der Waals surface area contributed by atoms with Gasteiger partial charge in [-0.1, -0.05) is 6.07 Å². The number of rotatable bonds is 3. The maximum absolute atomic E-state index is 12.4. The molecule has 0 atom stereocenters. The van der Waals surface area contributed by atoms with Crippen LogP contribution in [-0.2, 0) is 9.84 Å². The molecule has 14 heavy (non-hydrogen) atoms. The fraction of sp³-hybridized carbons (Fsp3) is 0.143. The second-order valence-electron chi connectivity index (χ2n) is 2.36. The molecule has 0 saturated heterocycles. The molecule has 0 bridgehead atoms. The summed E-state index contributed by atoms with van der Waals surface area (Å²) in [6, 6.07) is 2.69. The molecule has 0 fully saturated rings. The summed E-state index contributed by atoms with van der Waals surface area (Å²) in [6.45, 7) is 0. The van der Waals surface area contributed by atoms with Crippen LogP contribution < -0.4 is 0 Å². The first-order chi connectivity index (χ1) is 6.43. The molecular formula is C7H5F3O2S2. The van der Waals surface area contributed by atoms with E-state index in [2.05, 4.69) is 0 Å². The van der Waals surface area contributed by atoms with E-state index in [1.807, 2.05) is 0 Å². The highest BCUT2D eigenvalue weighted by Crippen LogP contribution is 2.21. The van der Waals surface area contributed by atoms with Crippen LogP contribution in [0.4, 0.5) is 13.2 Å². The third-order valence-corrected chi connectivity index (χ3v) is 4.42. The minimum Gasteiger partial charge on any atom is -0.222 e. The van der Waals surface area contributed by atoms with Crippen LogP contribution in [0.3, 0.4) is 0 Å². The molecule has 78 valence electrons. The molecule has 0 unspecified atom stereocenters. The lowest BCUT2D eigenvalue weighted by molar-refractivity contribution is 0.380. The van der Waals surface area contributed by atoms with Crippen LogP contribution in [0.25, 0.3) is 0 Å². The lowest BCUT2D eigenvalue weighted by Gasteiger charge is -1.97. The van der Waals surface area contributed by atoms with Gasteiger partial charge in [0.15, 0.2) is 15.7 Å². The lowest BCUT2D eigenvalue weighted by atomic mass is 10.7. The van der Waals surface area contributed by atoms with Crippen molar-refractivity contribution in [2.24, 2.45) is 0 Å². The SMILES string of the molecule is O=S(=O)(CC(F)=C(F)F)c1cccs1. The quantitative estimate of drug-likeness (QED) is 0.816. The maximum atomic E-state index is 12.4. The van der Waals surface area contributed by atoms with Gasteiger partial charge in [0.05, 0.1) is 0 Å². The Morgan fingerprint density at radius 3 is 2.43 bits per heavy atom. The van der Waals surface area contributed by atoms with Gasteiger partial charge in [-0.3, -0.25) is 0 Å². The van der Waals surface area contributed by atoms with Gasteiger partial charge in [0.2, 0.25) is 0 Å². The first-order valence-corrected chi connectivity index (χ1v) is 5.92. The Morgan fingerprint density at radius 2 is 2.00 bits per heavy atom. The van der Waals surface area contributed by atoms with Gasteiger partial charge in [-0.2, -0.15) is 8.78 Å². The second kappa shape index (κ2) is 4.14. The first-order valence-electron chi connectivity index (χ1n) is 3.39. The average molecular weight is 242 g/mol. The van der Waals surface area contributed by atoms with Crippen LogP contribution >= 0.6 is 11.3 Å². The maximum Gasteiger partial charge on any atom is 0.302 e. The van der Waals surface area contributed by atoms with Gasteiger partial charge < -0.3 is 0 Å². The number of halogens is 3. The molecule has 0 spiro atoms. The van der Waals surface area contributed by atoms with Gasteiger partial charge in [0, 0.05) is 0 Å². The Balaban J connectivity index is 2.96. The van der Waals surface area contributed by atoms with E-state index < -0.39 is 27.5 Å². The van der Waals surface area contributed by atoms with Gasteiger partial charge in [-0.05, 0) is 11.4 Å². The predicted octanol–water partition coefficient (Wildman–Crippen LogP) is 2.60. The van der Waals surface area contributed by atoms with Crippen LogP contribution in [0, 0.1) is 0 Å². The molecule has 0 aliphatic rings. The summed E-state index contributed by atoms with van der Waals surface area (Å²) in [5.41, 5.74) is 0. The molecular weight excluding hydrogens is 237 g/mol. The van der Waals surface area contributed by atoms with E-state index in [4.69, 9.17) is 0 Å². The van der Waals surface area contributed by atoms with Crippen molar-refractivity contribution in [1.82, 2.24) is 0 Å². The fourth-order valence-electron chi connectivity index (χ4n) is 0.733. The number of thiophene rings is 1. The Kier molecular flexibility index (Phi) is 3.33. The van der Waals surface area contributed by atoms with Crippen LogP contribution in [0.1, 0.15) is 0 Å². The predicted molar refractivity (Wildman–Crippen MR) is 46.7 cm³/mol. The summed E-state index contributed by atoms with van der Waals surface area (Å²) >= 11 is 0.861. The van der Waals surface area contributed by atoms with E-state index in [9.17, 15) is 21.6 Å². The van der Waals surface area contributed by atoms with E-state index in [-0.39, 0.29) is 4.21 Å². The van der Waals surface area contributed by atoms with Crippen molar-refractivity contribution in [1.29, 1.82) is 0 Å². The second-order valence-corrected chi connectivity index (χ2v) is 5.52. The standard InChI is InChI=1S/C7H5F3O2S2/c8-5(7(9)10)4-14(11,12)6-2-1-3-13-6/h1-3H,4H2. The molecule has 1 aromatic heterocycles. The number of hydrogen-bond donors (Lipinski definition) is 0. The highest BCUT2D eigenvalue weighted by molar-refractivity contribution is 7.93. The van der Waals surface area contributed by atoms with Crippen LogP contribution in [0.2, 0.25) is 0 Å². The molecule has 1 rings (SSSR count). The van der Waals surface area contributed by atoms with Gasteiger partial charge >= 0.3 is 6.08 Å². The zero-order chi connectivity index (χ0) is 10.8. The normalized spacial score (nSPS) is 11.4. The van der Waals surface area contributed by atoms with Crippen molar-refractivity contribution < 1.29 is 21.6 Å². The summed E-state index contributed by atoms with van der Waals surface area (Å²) in [6.07, 6.45) is -2.59. The Labute approximate surface area is 82.6 Å². The number of hydrogen-bond acceptors (Lipinski definition) is 3. The Hall–Kier alpha value is -0.820. The van der Waals surface area contributed by atoms with Crippen LogP contribution in [-0.4, -0.2) is 14.2 Å². The fourth-order valence-corrected chi connectivity index (χ4v) is 2.98. The summed E-state index contributed by atoms with van der Waals surface area (Å²) in [5.74, 6) is -3.19. The third-order valence-electron chi connectivity index (χ3n) is 1.32. The van der Waals surface area contributed by atoms with E-state index >= 15 is 0 Å². The van der Waals surface area contributed by atoms with E-state index in [0.29, 0.717) is 0 Å². The van der Waals surface area contributed by atoms with E-state index in [1.54, 1.807) is 0 Å². The van der Waals surface area contributed by atoms with Gasteiger partial charge in [0.25, 0.3) is 0 Å². The van der Waals surface area contributed by atoms with E-state index in [0.717, 1.165) is 11.3 Å². The molecule has 0 amide bonds. The van der Waals surface area contributed by atoms with Gasteiger partial charge in [0.1, 0.15) is 9.96 Å². The monoisotopic (exact) mass is 242 g/mol. The molecule has 2 nitrogen and oxygen atoms in total.